The number of halogens is 2. The van der Waals surface area contributed by atoms with Crippen molar-refractivity contribution in [2.45, 2.75) is 17.9 Å². The quantitative estimate of drug-likeness (QED) is 0.534. The molecule has 0 N–H and O–H groups in total. The second-order valence-electron chi connectivity index (χ2n) is 6.15. The van der Waals surface area contributed by atoms with Crippen LogP contribution in [0.4, 0.5) is 10.1 Å². The van der Waals surface area contributed by atoms with Crippen molar-refractivity contribution in [3.05, 3.63) is 89.2 Å². The molecule has 0 amide bonds. The van der Waals surface area contributed by atoms with Crippen molar-refractivity contribution in [1.29, 1.82) is 0 Å². The Balaban J connectivity index is 2.17. The van der Waals surface area contributed by atoms with Gasteiger partial charge in [-0.15, -0.1) is 0 Å². The number of sulfonamides is 1. The van der Waals surface area contributed by atoms with Crippen molar-refractivity contribution in [1.82, 2.24) is 0 Å². The second kappa shape index (κ2) is 8.20. The van der Waals surface area contributed by atoms with Gasteiger partial charge in [0.05, 0.1) is 23.7 Å². The van der Waals surface area contributed by atoms with E-state index in [4.69, 9.17) is 16.3 Å². The van der Waals surface area contributed by atoms with Gasteiger partial charge in [0.25, 0.3) is 10.0 Å². The van der Waals surface area contributed by atoms with Crippen LogP contribution in [-0.2, 0) is 10.0 Å². The largest absolute Gasteiger partial charge is 0.496 e. The van der Waals surface area contributed by atoms with Crippen molar-refractivity contribution in [2.75, 3.05) is 11.4 Å². The van der Waals surface area contributed by atoms with Crippen LogP contribution in [0.25, 0.3) is 0 Å². The highest BCUT2D eigenvalue weighted by Crippen LogP contribution is 2.37. The van der Waals surface area contributed by atoms with E-state index in [9.17, 15) is 12.8 Å². The molecule has 28 heavy (non-hydrogen) atoms. The number of hydrogen-bond donors (Lipinski definition) is 0. The van der Waals surface area contributed by atoms with Gasteiger partial charge in [0.2, 0.25) is 0 Å². The van der Waals surface area contributed by atoms with E-state index in [2.05, 4.69) is 0 Å². The highest BCUT2D eigenvalue weighted by Gasteiger charge is 2.31. The lowest BCUT2D eigenvalue weighted by Crippen LogP contribution is -2.34. The van der Waals surface area contributed by atoms with Gasteiger partial charge >= 0.3 is 0 Å². The van der Waals surface area contributed by atoms with E-state index < -0.39 is 21.9 Å². The zero-order valence-corrected chi connectivity index (χ0v) is 16.9. The van der Waals surface area contributed by atoms with Crippen LogP contribution in [0, 0.1) is 5.82 Å². The van der Waals surface area contributed by atoms with Crippen LogP contribution in [0.1, 0.15) is 18.5 Å². The monoisotopic (exact) mass is 419 g/mol. The summed E-state index contributed by atoms with van der Waals surface area (Å²) in [6, 6.07) is 17.9. The van der Waals surface area contributed by atoms with Crippen LogP contribution in [0.3, 0.4) is 0 Å². The van der Waals surface area contributed by atoms with E-state index in [1.54, 1.807) is 37.3 Å². The maximum absolute atomic E-state index is 13.5. The van der Waals surface area contributed by atoms with Crippen LogP contribution < -0.4 is 9.04 Å². The van der Waals surface area contributed by atoms with Gasteiger partial charge in [-0.1, -0.05) is 29.8 Å². The lowest BCUT2D eigenvalue weighted by Gasteiger charge is -2.31. The molecule has 3 rings (SSSR count). The molecular formula is C21H19ClFNO3S. The Bertz CT molecular complexity index is 1050. The molecule has 0 bridgehead atoms. The van der Waals surface area contributed by atoms with Crippen LogP contribution >= 0.6 is 11.6 Å². The summed E-state index contributed by atoms with van der Waals surface area (Å²) in [5.41, 5.74) is 1.14. The van der Waals surface area contributed by atoms with Crippen molar-refractivity contribution in [3.8, 4) is 5.75 Å². The topological polar surface area (TPSA) is 46.6 Å². The number of para-hydroxylation sites is 1. The predicted octanol–water partition coefficient (Wildman–Crippen LogP) is 5.44. The molecule has 0 radical (unpaired) electrons. The van der Waals surface area contributed by atoms with Crippen molar-refractivity contribution >= 4 is 27.3 Å². The lowest BCUT2D eigenvalue weighted by molar-refractivity contribution is 0.407. The average Bonchev–Trinajstić information content (AvgIpc) is 2.69. The van der Waals surface area contributed by atoms with E-state index in [1.807, 2.05) is 18.2 Å². The Morgan fingerprint density at radius 2 is 1.57 bits per heavy atom. The molecule has 0 aliphatic heterocycles. The van der Waals surface area contributed by atoms with E-state index >= 15 is 0 Å². The third-order valence-corrected chi connectivity index (χ3v) is 6.56. The zero-order valence-electron chi connectivity index (χ0n) is 15.3. The molecule has 7 heteroatoms. The van der Waals surface area contributed by atoms with Crippen molar-refractivity contribution in [3.63, 3.8) is 0 Å². The minimum Gasteiger partial charge on any atom is -0.496 e. The summed E-state index contributed by atoms with van der Waals surface area (Å²) >= 11 is 5.98. The van der Waals surface area contributed by atoms with Gasteiger partial charge in [-0.25, -0.2) is 12.8 Å². The summed E-state index contributed by atoms with van der Waals surface area (Å²) in [5.74, 6) is 0.0676. The smallest absolute Gasteiger partial charge is 0.264 e. The lowest BCUT2D eigenvalue weighted by atomic mass is 10.1. The molecule has 0 heterocycles. The Kier molecular flexibility index (Phi) is 5.91. The van der Waals surface area contributed by atoms with Gasteiger partial charge in [-0.05, 0) is 61.5 Å². The molecule has 0 fully saturated rings. The number of anilines is 1. The standard InChI is InChI=1S/C21H19ClFNO3S/c1-15(20-5-3-4-6-21(20)27-2)24(18-11-7-16(22)8-12-18)28(25,26)19-13-9-17(23)10-14-19/h3-15H,1-2H3/t15-/m1/s1. The molecule has 0 spiro atoms. The Hall–Kier alpha value is -2.57. The first-order chi connectivity index (χ1) is 13.3. The Labute approximate surface area is 169 Å². The van der Waals surface area contributed by atoms with Crippen LogP contribution in [0.2, 0.25) is 5.02 Å². The maximum Gasteiger partial charge on any atom is 0.264 e. The molecule has 0 saturated heterocycles. The number of hydrogen-bond acceptors (Lipinski definition) is 3. The summed E-state index contributed by atoms with van der Waals surface area (Å²) in [4.78, 5) is -0.00871. The first-order valence-corrected chi connectivity index (χ1v) is 10.3. The summed E-state index contributed by atoms with van der Waals surface area (Å²) in [5, 5.41) is 0.493. The van der Waals surface area contributed by atoms with Gasteiger partial charge in [-0.3, -0.25) is 4.31 Å². The SMILES string of the molecule is COc1ccccc1[C@@H](C)N(c1ccc(Cl)cc1)S(=O)(=O)c1ccc(F)cc1. The highest BCUT2D eigenvalue weighted by molar-refractivity contribution is 7.92. The van der Waals surface area contributed by atoms with Gasteiger partial charge < -0.3 is 4.74 Å². The average molecular weight is 420 g/mol. The van der Waals surface area contributed by atoms with E-state index in [-0.39, 0.29) is 4.90 Å². The van der Waals surface area contributed by atoms with Gasteiger partial charge in [0.15, 0.2) is 0 Å². The number of nitrogens with zero attached hydrogens (tertiary/aromatic N) is 1. The molecule has 1 atom stereocenters. The van der Waals surface area contributed by atoms with Crippen molar-refractivity contribution in [2.24, 2.45) is 0 Å². The van der Waals surface area contributed by atoms with E-state index in [1.165, 1.54) is 23.5 Å². The summed E-state index contributed by atoms with van der Waals surface area (Å²) in [6.45, 7) is 1.77. The molecular weight excluding hydrogens is 401 g/mol. The molecule has 4 nitrogen and oxygen atoms in total. The van der Waals surface area contributed by atoms with Crippen LogP contribution in [0.5, 0.6) is 5.75 Å². The number of rotatable bonds is 6. The molecule has 0 unspecified atom stereocenters. The van der Waals surface area contributed by atoms with E-state index in [0.29, 0.717) is 22.0 Å². The predicted molar refractivity (Wildman–Crippen MR) is 109 cm³/mol. The maximum atomic E-state index is 13.5. The first-order valence-electron chi connectivity index (χ1n) is 8.53. The third kappa shape index (κ3) is 3.98. The molecule has 0 aliphatic rings. The molecule has 3 aromatic carbocycles. The first kappa shape index (κ1) is 20.2. The van der Waals surface area contributed by atoms with Crippen LogP contribution in [0.15, 0.2) is 77.7 Å². The zero-order chi connectivity index (χ0) is 20.3. The molecule has 0 aliphatic carbocycles. The van der Waals surface area contributed by atoms with Crippen molar-refractivity contribution < 1.29 is 17.5 Å². The summed E-state index contributed by atoms with van der Waals surface area (Å²) in [7, 11) is -2.45. The highest BCUT2D eigenvalue weighted by atomic mass is 35.5. The molecule has 3 aromatic rings. The van der Waals surface area contributed by atoms with Crippen LogP contribution in [-0.4, -0.2) is 15.5 Å². The minimum atomic E-state index is -3.99. The van der Waals surface area contributed by atoms with Gasteiger partial charge in [-0.2, -0.15) is 0 Å². The van der Waals surface area contributed by atoms with Gasteiger partial charge in [0, 0.05) is 10.6 Å². The number of methoxy groups -OCH3 is 1. The normalized spacial score (nSPS) is 12.4. The fourth-order valence-corrected chi connectivity index (χ4v) is 4.78. The fraction of sp³-hybridized carbons (Fsp3) is 0.143. The Morgan fingerprint density at radius 3 is 2.18 bits per heavy atom. The fourth-order valence-electron chi connectivity index (χ4n) is 3.02. The second-order valence-corrected chi connectivity index (χ2v) is 8.40. The molecule has 0 aromatic heterocycles. The summed E-state index contributed by atoms with van der Waals surface area (Å²) in [6.07, 6.45) is 0. The number of ether oxygens (including phenoxy) is 1. The Morgan fingerprint density at radius 1 is 0.964 bits per heavy atom. The summed E-state index contributed by atoms with van der Waals surface area (Å²) < 4.78 is 47.0. The third-order valence-electron chi connectivity index (χ3n) is 4.39. The van der Waals surface area contributed by atoms with Gasteiger partial charge in [0.1, 0.15) is 11.6 Å². The van der Waals surface area contributed by atoms with E-state index in [0.717, 1.165) is 12.1 Å². The molecule has 0 saturated carbocycles. The number of benzene rings is 3. The molecule has 146 valence electrons. The minimum absolute atomic E-state index is 0.00871.